The number of nitrogens with zero attached hydrogens (tertiary/aromatic N) is 2. The third kappa shape index (κ3) is 4.16. The molecule has 1 aliphatic heterocycles. The summed E-state index contributed by atoms with van der Waals surface area (Å²) in [7, 11) is 1.29. The van der Waals surface area contributed by atoms with E-state index in [-0.39, 0.29) is 17.6 Å². The fourth-order valence-corrected chi connectivity index (χ4v) is 2.33. The fourth-order valence-electron chi connectivity index (χ4n) is 2.33. The zero-order valence-electron chi connectivity index (χ0n) is 12.6. The first kappa shape index (κ1) is 16.7. The quantitative estimate of drug-likeness (QED) is 0.417. The van der Waals surface area contributed by atoms with Crippen molar-refractivity contribution >= 4 is 17.8 Å². The second kappa shape index (κ2) is 7.54. The number of methoxy groups -OCH3 is 1. The average molecular weight is 322 g/mol. The topological polar surface area (TPSA) is 126 Å². The van der Waals surface area contributed by atoms with Crippen LogP contribution >= 0.6 is 0 Å². The molecule has 1 aliphatic rings. The maximum absolute atomic E-state index is 11.9. The van der Waals surface area contributed by atoms with Crippen molar-refractivity contribution in [2.45, 2.75) is 12.8 Å². The predicted molar refractivity (Wildman–Crippen MR) is 82.6 cm³/mol. The summed E-state index contributed by atoms with van der Waals surface area (Å²) in [5.74, 6) is -0.848. The minimum atomic E-state index is -0.719. The number of piperidine rings is 1. The van der Waals surface area contributed by atoms with E-state index >= 15 is 0 Å². The highest BCUT2D eigenvalue weighted by atomic mass is 16.6. The molecule has 9 heteroatoms. The molecule has 2 rings (SSSR count). The van der Waals surface area contributed by atoms with Crippen molar-refractivity contribution in [1.29, 1.82) is 0 Å². The van der Waals surface area contributed by atoms with Crippen LogP contribution < -0.4 is 15.5 Å². The Kier molecular flexibility index (Phi) is 5.47. The summed E-state index contributed by atoms with van der Waals surface area (Å²) in [4.78, 5) is 22.1. The minimum Gasteiger partial charge on any atom is -0.500 e. The first-order chi connectivity index (χ1) is 11.0. The van der Waals surface area contributed by atoms with E-state index in [1.807, 2.05) is 0 Å². The van der Waals surface area contributed by atoms with Gasteiger partial charge in [0.1, 0.15) is 0 Å². The number of hydrazone groups is 1. The molecule has 1 heterocycles. The molecule has 0 aromatic heterocycles. The summed E-state index contributed by atoms with van der Waals surface area (Å²) >= 11 is 0. The van der Waals surface area contributed by atoms with Gasteiger partial charge in [-0.15, -0.1) is 0 Å². The van der Waals surface area contributed by atoms with Gasteiger partial charge in [-0.3, -0.25) is 14.9 Å². The van der Waals surface area contributed by atoms with Gasteiger partial charge < -0.3 is 15.2 Å². The molecule has 1 amide bonds. The Labute approximate surface area is 132 Å². The smallest absolute Gasteiger partial charge is 0.315 e. The summed E-state index contributed by atoms with van der Waals surface area (Å²) in [5, 5.41) is 27.6. The highest BCUT2D eigenvalue weighted by Gasteiger charge is 2.21. The Morgan fingerprint density at radius 1 is 1.52 bits per heavy atom. The summed E-state index contributed by atoms with van der Waals surface area (Å²) < 4.78 is 4.89. The van der Waals surface area contributed by atoms with Gasteiger partial charge >= 0.3 is 5.69 Å². The Morgan fingerprint density at radius 3 is 2.83 bits per heavy atom. The number of phenols is 1. The third-order valence-corrected chi connectivity index (χ3v) is 3.59. The van der Waals surface area contributed by atoms with E-state index in [4.69, 9.17) is 4.74 Å². The molecule has 0 aliphatic carbocycles. The molecule has 0 bridgehead atoms. The molecule has 0 unspecified atom stereocenters. The number of amides is 1. The Morgan fingerprint density at radius 2 is 2.22 bits per heavy atom. The molecule has 1 aromatic rings. The van der Waals surface area contributed by atoms with Gasteiger partial charge in [-0.2, -0.15) is 5.10 Å². The fraction of sp³-hybridized carbons (Fsp3) is 0.429. The number of ether oxygens (including phenoxy) is 1. The number of aromatic hydroxyl groups is 1. The lowest BCUT2D eigenvalue weighted by atomic mass is 9.98. The lowest BCUT2D eigenvalue weighted by Crippen LogP contribution is -2.36. The molecule has 0 radical (unpaired) electrons. The van der Waals surface area contributed by atoms with Crippen LogP contribution in [0.1, 0.15) is 18.4 Å². The van der Waals surface area contributed by atoms with Crippen LogP contribution in [0.4, 0.5) is 5.69 Å². The van der Waals surface area contributed by atoms with E-state index in [1.165, 1.54) is 19.4 Å². The van der Waals surface area contributed by atoms with Crippen LogP contribution in [0.25, 0.3) is 0 Å². The van der Waals surface area contributed by atoms with Crippen molar-refractivity contribution in [2.24, 2.45) is 11.0 Å². The van der Waals surface area contributed by atoms with Gasteiger partial charge in [-0.1, -0.05) is 0 Å². The van der Waals surface area contributed by atoms with Crippen molar-refractivity contribution < 1.29 is 19.6 Å². The highest BCUT2D eigenvalue weighted by molar-refractivity contribution is 5.85. The number of nitro groups is 1. The molecule has 3 N–H and O–H groups in total. The van der Waals surface area contributed by atoms with Crippen LogP contribution in [0, 0.1) is 16.0 Å². The molecule has 0 saturated carbocycles. The van der Waals surface area contributed by atoms with E-state index in [1.54, 1.807) is 0 Å². The van der Waals surface area contributed by atoms with Gasteiger partial charge in [-0.05, 0) is 32.0 Å². The standard InChI is InChI=1S/C14H18N4O5/c1-23-12-7-9(6-11(13(12)19)18(21)22)8-16-17-14(20)10-2-4-15-5-3-10/h6-8,10,15,19H,2-5H2,1H3,(H,17,20). The van der Waals surface area contributed by atoms with E-state index in [9.17, 15) is 20.0 Å². The average Bonchev–Trinajstić information content (AvgIpc) is 2.56. The van der Waals surface area contributed by atoms with Crippen molar-refractivity contribution in [3.05, 3.63) is 27.8 Å². The van der Waals surface area contributed by atoms with E-state index < -0.39 is 16.4 Å². The van der Waals surface area contributed by atoms with Gasteiger partial charge in [0.2, 0.25) is 11.7 Å². The van der Waals surface area contributed by atoms with E-state index in [2.05, 4.69) is 15.8 Å². The molecule has 1 aromatic carbocycles. The van der Waals surface area contributed by atoms with Gasteiger partial charge in [0, 0.05) is 17.5 Å². The molecule has 0 atom stereocenters. The lowest BCUT2D eigenvalue weighted by molar-refractivity contribution is -0.386. The number of rotatable bonds is 5. The van der Waals surface area contributed by atoms with Crippen LogP contribution in [0.3, 0.4) is 0 Å². The molecule has 9 nitrogen and oxygen atoms in total. The number of nitrogens with one attached hydrogen (secondary N) is 2. The predicted octanol–water partition coefficient (Wildman–Crippen LogP) is 0.759. The molecule has 23 heavy (non-hydrogen) atoms. The first-order valence-corrected chi connectivity index (χ1v) is 7.12. The summed E-state index contributed by atoms with van der Waals surface area (Å²) in [5.41, 5.74) is 2.27. The van der Waals surface area contributed by atoms with Gasteiger partial charge in [0.25, 0.3) is 0 Å². The van der Waals surface area contributed by atoms with Crippen molar-refractivity contribution in [2.75, 3.05) is 20.2 Å². The van der Waals surface area contributed by atoms with Gasteiger partial charge in [0.05, 0.1) is 18.2 Å². The second-order valence-corrected chi connectivity index (χ2v) is 5.11. The third-order valence-electron chi connectivity index (χ3n) is 3.59. The maximum atomic E-state index is 11.9. The zero-order chi connectivity index (χ0) is 16.8. The Hall–Kier alpha value is -2.68. The largest absolute Gasteiger partial charge is 0.500 e. The minimum absolute atomic E-state index is 0.0367. The van der Waals surface area contributed by atoms with Gasteiger partial charge in [-0.25, -0.2) is 5.43 Å². The number of carbonyl (C=O) groups is 1. The molecular weight excluding hydrogens is 304 g/mol. The number of benzene rings is 1. The Bertz CT molecular complexity index is 626. The number of phenolic OH excluding ortho intramolecular Hbond substituents is 1. The van der Waals surface area contributed by atoms with Crippen LogP contribution in [-0.2, 0) is 4.79 Å². The summed E-state index contributed by atoms with van der Waals surface area (Å²) in [6.45, 7) is 1.59. The summed E-state index contributed by atoms with van der Waals surface area (Å²) in [6, 6.07) is 2.54. The molecule has 124 valence electrons. The second-order valence-electron chi connectivity index (χ2n) is 5.11. The van der Waals surface area contributed by atoms with Crippen LogP contribution in [0.5, 0.6) is 11.5 Å². The first-order valence-electron chi connectivity index (χ1n) is 7.12. The zero-order valence-corrected chi connectivity index (χ0v) is 12.6. The van der Waals surface area contributed by atoms with Crippen molar-refractivity contribution in [1.82, 2.24) is 10.7 Å². The molecule has 1 fully saturated rings. The molecule has 0 spiro atoms. The van der Waals surface area contributed by atoms with Crippen molar-refractivity contribution in [3.8, 4) is 11.5 Å². The monoisotopic (exact) mass is 322 g/mol. The van der Waals surface area contributed by atoms with Crippen LogP contribution in [-0.4, -0.2) is 42.4 Å². The maximum Gasteiger partial charge on any atom is 0.315 e. The van der Waals surface area contributed by atoms with Gasteiger partial charge in [0.15, 0.2) is 5.75 Å². The number of hydrogen-bond donors (Lipinski definition) is 3. The summed E-state index contributed by atoms with van der Waals surface area (Å²) in [6.07, 6.45) is 2.77. The van der Waals surface area contributed by atoms with E-state index in [0.29, 0.717) is 5.56 Å². The molecular formula is C14H18N4O5. The lowest BCUT2D eigenvalue weighted by Gasteiger charge is -2.20. The van der Waals surface area contributed by atoms with E-state index in [0.717, 1.165) is 32.0 Å². The van der Waals surface area contributed by atoms with Crippen molar-refractivity contribution in [3.63, 3.8) is 0 Å². The SMILES string of the molecule is COc1cc(C=NNC(=O)C2CCNCC2)cc([N+](=O)[O-])c1O. The number of nitro benzene ring substituents is 1. The van der Waals surface area contributed by atoms with Crippen LogP contribution in [0.2, 0.25) is 0 Å². The highest BCUT2D eigenvalue weighted by Crippen LogP contribution is 2.36. The normalized spacial score (nSPS) is 15.5. The number of carbonyl (C=O) groups excluding carboxylic acids is 1. The van der Waals surface area contributed by atoms with Crippen LogP contribution in [0.15, 0.2) is 17.2 Å². The number of hydrogen-bond acceptors (Lipinski definition) is 7. The Balaban J connectivity index is 2.08. The molecule has 1 saturated heterocycles.